The molecular weight excluding hydrogens is 282 g/mol. The fourth-order valence-corrected chi connectivity index (χ4v) is 2.07. The van der Waals surface area contributed by atoms with Gasteiger partial charge in [-0.15, -0.1) is 0 Å². The van der Waals surface area contributed by atoms with Crippen molar-refractivity contribution < 1.29 is 18.5 Å². The summed E-state index contributed by atoms with van der Waals surface area (Å²) in [5.41, 5.74) is -1.49. The second-order valence-electron chi connectivity index (χ2n) is 5.44. The van der Waals surface area contributed by atoms with E-state index in [2.05, 4.69) is 0 Å². The molecule has 0 aliphatic heterocycles. The molecule has 5 nitrogen and oxygen atoms in total. The van der Waals surface area contributed by atoms with E-state index in [1.807, 2.05) is 13.8 Å². The first-order valence-corrected chi connectivity index (χ1v) is 6.55. The number of carbonyl (C=O) groups is 1. The van der Waals surface area contributed by atoms with Gasteiger partial charge in [0, 0.05) is 13.1 Å². The number of amides is 1. The topological polar surface area (TPSA) is 63.5 Å². The van der Waals surface area contributed by atoms with Gasteiger partial charge < -0.3 is 4.90 Å². The van der Waals surface area contributed by atoms with Crippen LogP contribution in [0.1, 0.15) is 37.6 Å². The van der Waals surface area contributed by atoms with E-state index in [9.17, 15) is 23.7 Å². The average molecular weight is 300 g/mol. The number of nitro benzene ring substituents is 1. The Morgan fingerprint density at radius 1 is 1.29 bits per heavy atom. The minimum Gasteiger partial charge on any atom is -0.339 e. The van der Waals surface area contributed by atoms with Crippen LogP contribution in [0, 0.1) is 27.7 Å². The first-order chi connectivity index (χ1) is 9.65. The van der Waals surface area contributed by atoms with Crippen molar-refractivity contribution in [3.63, 3.8) is 0 Å². The van der Waals surface area contributed by atoms with Gasteiger partial charge in [-0.25, -0.2) is 4.39 Å². The van der Waals surface area contributed by atoms with Crippen molar-refractivity contribution >= 4 is 11.6 Å². The SMILES string of the molecule is CC(C)CC(C)N(C)C(=O)c1cc(F)c([N+](=O)[O-])cc1F. The zero-order valence-electron chi connectivity index (χ0n) is 12.4. The van der Waals surface area contributed by atoms with Gasteiger partial charge in [-0.1, -0.05) is 13.8 Å². The molecule has 1 atom stereocenters. The van der Waals surface area contributed by atoms with Gasteiger partial charge >= 0.3 is 5.69 Å². The van der Waals surface area contributed by atoms with Gasteiger partial charge in [0.2, 0.25) is 5.82 Å². The van der Waals surface area contributed by atoms with Crippen LogP contribution < -0.4 is 0 Å². The molecule has 0 bridgehead atoms. The smallest absolute Gasteiger partial charge is 0.307 e. The van der Waals surface area contributed by atoms with E-state index in [-0.39, 0.29) is 6.04 Å². The number of hydrogen-bond acceptors (Lipinski definition) is 3. The Labute approximate surface area is 121 Å². The summed E-state index contributed by atoms with van der Waals surface area (Å²) < 4.78 is 27.3. The van der Waals surface area contributed by atoms with Crippen molar-refractivity contribution in [2.75, 3.05) is 7.05 Å². The van der Waals surface area contributed by atoms with Crippen LogP contribution in [0.3, 0.4) is 0 Å². The quantitative estimate of drug-likeness (QED) is 0.618. The van der Waals surface area contributed by atoms with E-state index in [1.54, 1.807) is 6.92 Å². The summed E-state index contributed by atoms with van der Waals surface area (Å²) in [5, 5.41) is 10.5. The number of nitrogens with zero attached hydrogens (tertiary/aromatic N) is 2. The average Bonchev–Trinajstić information content (AvgIpc) is 2.38. The summed E-state index contributed by atoms with van der Waals surface area (Å²) in [7, 11) is 1.49. The predicted octanol–water partition coefficient (Wildman–Crippen LogP) is 3.38. The van der Waals surface area contributed by atoms with Gasteiger partial charge in [-0.3, -0.25) is 14.9 Å². The van der Waals surface area contributed by atoms with E-state index in [4.69, 9.17) is 0 Å². The van der Waals surface area contributed by atoms with Gasteiger partial charge in [0.15, 0.2) is 0 Å². The Morgan fingerprint density at radius 2 is 1.86 bits per heavy atom. The lowest BCUT2D eigenvalue weighted by Gasteiger charge is -2.26. The van der Waals surface area contributed by atoms with Crippen LogP contribution in [-0.4, -0.2) is 28.8 Å². The molecule has 0 fully saturated rings. The lowest BCUT2D eigenvalue weighted by molar-refractivity contribution is -0.387. The van der Waals surface area contributed by atoms with Crippen LogP contribution >= 0.6 is 0 Å². The van der Waals surface area contributed by atoms with E-state index < -0.39 is 33.7 Å². The van der Waals surface area contributed by atoms with E-state index >= 15 is 0 Å². The molecule has 7 heteroatoms. The maximum atomic E-state index is 13.8. The van der Waals surface area contributed by atoms with Crippen molar-refractivity contribution in [2.24, 2.45) is 5.92 Å². The highest BCUT2D eigenvalue weighted by Crippen LogP contribution is 2.23. The molecule has 116 valence electrons. The second kappa shape index (κ2) is 6.60. The molecule has 0 spiro atoms. The van der Waals surface area contributed by atoms with Crippen molar-refractivity contribution in [2.45, 2.75) is 33.2 Å². The third kappa shape index (κ3) is 3.96. The van der Waals surface area contributed by atoms with Gasteiger partial charge in [0.25, 0.3) is 5.91 Å². The largest absolute Gasteiger partial charge is 0.339 e. The minimum absolute atomic E-state index is 0.157. The third-order valence-corrected chi connectivity index (χ3v) is 3.26. The predicted molar refractivity (Wildman–Crippen MR) is 74.0 cm³/mol. The maximum absolute atomic E-state index is 13.8. The highest BCUT2D eigenvalue weighted by Gasteiger charge is 2.25. The van der Waals surface area contributed by atoms with Gasteiger partial charge in [-0.2, -0.15) is 4.39 Å². The summed E-state index contributed by atoms with van der Waals surface area (Å²) in [4.78, 5) is 23.0. The van der Waals surface area contributed by atoms with Crippen molar-refractivity contribution in [3.8, 4) is 0 Å². The number of rotatable bonds is 5. The van der Waals surface area contributed by atoms with E-state index in [1.165, 1.54) is 11.9 Å². The Bertz CT molecular complexity index is 561. The van der Waals surface area contributed by atoms with Crippen LogP contribution in [0.2, 0.25) is 0 Å². The molecule has 1 rings (SSSR count). The van der Waals surface area contributed by atoms with Crippen molar-refractivity contribution in [1.29, 1.82) is 0 Å². The number of nitro groups is 1. The zero-order chi connectivity index (χ0) is 16.3. The summed E-state index contributed by atoms with van der Waals surface area (Å²) in [6, 6.07) is 0.855. The van der Waals surface area contributed by atoms with E-state index in [0.29, 0.717) is 24.5 Å². The van der Waals surface area contributed by atoms with Gasteiger partial charge in [0.05, 0.1) is 16.6 Å². The molecule has 0 aromatic heterocycles. The molecule has 0 aliphatic carbocycles. The molecule has 0 N–H and O–H groups in total. The number of benzene rings is 1. The standard InChI is InChI=1S/C14H18F2N2O3/c1-8(2)5-9(3)17(4)14(19)10-6-12(16)13(18(20)21)7-11(10)15/h6-9H,5H2,1-4H3. The molecule has 0 radical (unpaired) electrons. The fraction of sp³-hybridized carbons (Fsp3) is 0.500. The first kappa shape index (κ1) is 17.0. The van der Waals surface area contributed by atoms with Gasteiger partial charge in [-0.05, 0) is 25.3 Å². The highest BCUT2D eigenvalue weighted by molar-refractivity contribution is 5.94. The molecule has 1 aromatic rings. The zero-order valence-corrected chi connectivity index (χ0v) is 12.4. The van der Waals surface area contributed by atoms with Crippen molar-refractivity contribution in [3.05, 3.63) is 39.4 Å². The number of halogens is 2. The van der Waals surface area contributed by atoms with Gasteiger partial charge in [0.1, 0.15) is 5.82 Å². The minimum atomic E-state index is -1.23. The third-order valence-electron chi connectivity index (χ3n) is 3.26. The van der Waals surface area contributed by atoms with E-state index in [0.717, 1.165) is 0 Å². The lowest BCUT2D eigenvalue weighted by Crippen LogP contribution is -2.36. The van der Waals surface area contributed by atoms with Crippen molar-refractivity contribution in [1.82, 2.24) is 4.90 Å². The monoisotopic (exact) mass is 300 g/mol. The van der Waals surface area contributed by atoms with Crippen LogP contribution in [0.4, 0.5) is 14.5 Å². The lowest BCUT2D eigenvalue weighted by atomic mass is 10.0. The number of hydrogen-bond donors (Lipinski definition) is 0. The summed E-state index contributed by atoms with van der Waals surface area (Å²) in [6.07, 6.45) is 0.708. The Balaban J connectivity index is 3.08. The van der Waals surface area contributed by atoms with Crippen LogP contribution in [0.25, 0.3) is 0 Å². The molecule has 1 unspecified atom stereocenters. The van der Waals surface area contributed by atoms with Crippen LogP contribution in [-0.2, 0) is 0 Å². The molecule has 0 aliphatic rings. The molecule has 0 saturated carbocycles. The summed E-state index contributed by atoms with van der Waals surface area (Å²) in [6.45, 7) is 5.78. The normalized spacial score (nSPS) is 12.3. The molecule has 0 heterocycles. The molecule has 0 saturated heterocycles. The molecule has 21 heavy (non-hydrogen) atoms. The van der Waals surface area contributed by atoms with Crippen LogP contribution in [0.15, 0.2) is 12.1 Å². The van der Waals surface area contributed by atoms with Crippen LogP contribution in [0.5, 0.6) is 0 Å². The summed E-state index contributed by atoms with van der Waals surface area (Å²) in [5.74, 6) is -2.69. The fourth-order valence-electron chi connectivity index (χ4n) is 2.07. The number of carbonyl (C=O) groups excluding carboxylic acids is 1. The molecule has 1 amide bonds. The Kier molecular flexibility index (Phi) is 5.34. The second-order valence-corrected chi connectivity index (χ2v) is 5.44. The molecule has 1 aromatic carbocycles. The first-order valence-electron chi connectivity index (χ1n) is 6.55. The summed E-state index contributed by atoms with van der Waals surface area (Å²) >= 11 is 0. The maximum Gasteiger partial charge on any atom is 0.307 e. The Hall–Kier alpha value is -2.05. The Morgan fingerprint density at radius 3 is 2.33 bits per heavy atom. The highest BCUT2D eigenvalue weighted by atomic mass is 19.1. The molecular formula is C14H18F2N2O3.